The van der Waals surface area contributed by atoms with E-state index < -0.39 is 12.2 Å². The Hall–Kier alpha value is -2.37. The van der Waals surface area contributed by atoms with E-state index in [4.69, 9.17) is 4.74 Å². The van der Waals surface area contributed by atoms with Crippen molar-refractivity contribution in [2.24, 2.45) is 5.92 Å². The Morgan fingerprint density at radius 3 is 2.39 bits per heavy atom. The molecule has 0 aromatic heterocycles. The smallest absolute Gasteiger partial charge is 0.184 e. The Kier molecular flexibility index (Phi) is 12.2. The largest absolute Gasteiger partial charge is 0.507 e. The van der Waals surface area contributed by atoms with E-state index in [1.165, 1.54) is 6.08 Å². The highest BCUT2D eigenvalue weighted by Gasteiger charge is 2.20. The number of aliphatic hydroxyl groups is 2. The first-order valence-corrected chi connectivity index (χ1v) is 11.7. The third-order valence-corrected chi connectivity index (χ3v) is 5.76. The van der Waals surface area contributed by atoms with E-state index in [0.717, 1.165) is 47.1 Å². The molecule has 5 heteroatoms. The topological polar surface area (TPSA) is 87.0 Å². The van der Waals surface area contributed by atoms with Gasteiger partial charge in [-0.1, -0.05) is 35.8 Å². The number of aliphatic hydroxyl groups excluding tert-OH is 2. The summed E-state index contributed by atoms with van der Waals surface area (Å²) in [7, 11) is 1.61. The summed E-state index contributed by atoms with van der Waals surface area (Å²) in [6.45, 7) is 11.4. The van der Waals surface area contributed by atoms with Crippen molar-refractivity contribution in [1.82, 2.24) is 0 Å². The van der Waals surface area contributed by atoms with Gasteiger partial charge in [0.25, 0.3) is 0 Å². The number of rotatable bonds is 13. The normalized spacial score (nSPS) is 15.1. The van der Waals surface area contributed by atoms with Crippen LogP contribution in [0.1, 0.15) is 71.4 Å². The van der Waals surface area contributed by atoms with Gasteiger partial charge in [-0.05, 0) is 96.4 Å². The van der Waals surface area contributed by atoms with Crippen LogP contribution in [0.2, 0.25) is 0 Å². The first-order chi connectivity index (χ1) is 15.4. The van der Waals surface area contributed by atoms with Gasteiger partial charge in [0.2, 0.25) is 0 Å². The summed E-state index contributed by atoms with van der Waals surface area (Å²) in [5.74, 6) is 0.656. The van der Waals surface area contributed by atoms with E-state index in [2.05, 4.69) is 0 Å². The van der Waals surface area contributed by atoms with Crippen LogP contribution >= 0.6 is 0 Å². The minimum absolute atomic E-state index is 0.104. The van der Waals surface area contributed by atoms with Crippen molar-refractivity contribution in [3.63, 3.8) is 0 Å². The van der Waals surface area contributed by atoms with Gasteiger partial charge in [-0.25, -0.2) is 0 Å². The minimum atomic E-state index is -0.963. The van der Waals surface area contributed by atoms with Crippen LogP contribution in [0, 0.1) is 12.8 Å². The molecule has 33 heavy (non-hydrogen) atoms. The van der Waals surface area contributed by atoms with Gasteiger partial charge in [0.05, 0.1) is 13.2 Å². The first kappa shape index (κ1) is 28.7. The Balaban J connectivity index is 2.55. The molecule has 0 aliphatic rings. The predicted molar refractivity (Wildman–Crippen MR) is 135 cm³/mol. The van der Waals surface area contributed by atoms with Crippen LogP contribution < -0.4 is 4.74 Å². The fourth-order valence-electron chi connectivity index (χ4n) is 3.77. The molecule has 0 bridgehead atoms. The van der Waals surface area contributed by atoms with Crippen molar-refractivity contribution >= 4 is 5.78 Å². The molecule has 0 saturated carbocycles. The Bertz CT molecular complexity index is 875. The van der Waals surface area contributed by atoms with Crippen LogP contribution in [-0.2, 0) is 11.2 Å². The molecule has 0 fully saturated rings. The van der Waals surface area contributed by atoms with Crippen LogP contribution in [0.25, 0.3) is 0 Å². The summed E-state index contributed by atoms with van der Waals surface area (Å²) in [6.07, 6.45) is 7.34. The molecule has 0 spiro atoms. The van der Waals surface area contributed by atoms with Crippen molar-refractivity contribution in [2.45, 2.75) is 85.9 Å². The molecule has 3 atom stereocenters. The zero-order valence-corrected chi connectivity index (χ0v) is 21.3. The number of aromatic hydroxyl groups is 1. The molecular formula is C28H42O5. The number of benzene rings is 1. The molecule has 0 aliphatic heterocycles. The second-order valence-electron chi connectivity index (χ2n) is 9.43. The highest BCUT2D eigenvalue weighted by molar-refractivity contribution is 5.93. The second kappa shape index (κ2) is 14.0. The molecule has 0 saturated heterocycles. The van der Waals surface area contributed by atoms with E-state index in [1.807, 2.05) is 59.8 Å². The lowest BCUT2D eigenvalue weighted by Gasteiger charge is -2.16. The average molecular weight is 459 g/mol. The number of allylic oxidation sites excluding steroid dienone is 3. The average Bonchev–Trinajstić information content (AvgIpc) is 2.73. The van der Waals surface area contributed by atoms with Crippen molar-refractivity contribution in [3.8, 4) is 11.5 Å². The third kappa shape index (κ3) is 10.4. The lowest BCUT2D eigenvalue weighted by molar-refractivity contribution is -0.124. The van der Waals surface area contributed by atoms with Gasteiger partial charge in [-0.3, -0.25) is 4.79 Å². The van der Waals surface area contributed by atoms with Crippen LogP contribution in [0.15, 0.2) is 47.1 Å². The molecule has 1 aromatic carbocycles. The van der Waals surface area contributed by atoms with Crippen molar-refractivity contribution in [3.05, 3.63) is 58.2 Å². The number of ketones is 1. The summed E-state index contributed by atoms with van der Waals surface area (Å²) < 4.78 is 5.28. The lowest BCUT2D eigenvalue weighted by atomic mass is 9.93. The summed E-state index contributed by atoms with van der Waals surface area (Å²) in [5, 5.41) is 30.9. The molecule has 5 nitrogen and oxygen atoms in total. The molecule has 184 valence electrons. The first-order valence-electron chi connectivity index (χ1n) is 11.7. The van der Waals surface area contributed by atoms with Gasteiger partial charge in [-0.2, -0.15) is 0 Å². The number of carbonyl (C=O) groups is 1. The standard InChI is InChI=1S/C28H42O5/c1-18(2)13-26(30)28(32)21(5)10-8-9-19(3)14-24(29)15-20(4)11-12-23-17-25(33-7)16-22(6)27(23)31/h11,13-14,16-17,21,24,28-29,31-32H,8-10,12,15H2,1-7H3. The maximum atomic E-state index is 12.0. The number of phenols is 1. The molecule has 3 unspecified atom stereocenters. The predicted octanol–water partition coefficient (Wildman–Crippen LogP) is 5.60. The summed E-state index contributed by atoms with van der Waals surface area (Å²) in [4.78, 5) is 12.0. The molecule has 0 amide bonds. The van der Waals surface area contributed by atoms with Crippen LogP contribution in [-0.4, -0.2) is 40.4 Å². The number of hydrogen-bond donors (Lipinski definition) is 3. The molecule has 1 aromatic rings. The highest BCUT2D eigenvalue weighted by Crippen LogP contribution is 2.28. The molecule has 0 heterocycles. The van der Waals surface area contributed by atoms with E-state index in [0.29, 0.717) is 18.6 Å². The van der Waals surface area contributed by atoms with Gasteiger partial charge >= 0.3 is 0 Å². The molecular weight excluding hydrogens is 416 g/mol. The molecule has 1 rings (SSSR count). The van der Waals surface area contributed by atoms with E-state index in [-0.39, 0.29) is 17.5 Å². The fraction of sp³-hybridized carbons (Fsp3) is 0.536. The van der Waals surface area contributed by atoms with Crippen LogP contribution in [0.5, 0.6) is 11.5 Å². The van der Waals surface area contributed by atoms with Crippen molar-refractivity contribution in [1.29, 1.82) is 0 Å². The summed E-state index contributed by atoms with van der Waals surface area (Å²) in [5.41, 5.74) is 4.59. The van der Waals surface area contributed by atoms with Crippen LogP contribution in [0.4, 0.5) is 0 Å². The maximum absolute atomic E-state index is 12.0. The number of aryl methyl sites for hydroxylation is 1. The number of phenolic OH excluding ortho intramolecular Hbond substituents is 1. The number of hydrogen-bond acceptors (Lipinski definition) is 5. The number of carbonyl (C=O) groups excluding carboxylic acids is 1. The second-order valence-corrected chi connectivity index (χ2v) is 9.43. The van der Waals surface area contributed by atoms with Gasteiger partial charge in [0.1, 0.15) is 17.6 Å². The third-order valence-electron chi connectivity index (χ3n) is 5.76. The number of methoxy groups -OCH3 is 1. The van der Waals surface area contributed by atoms with Gasteiger partial charge in [0.15, 0.2) is 5.78 Å². The van der Waals surface area contributed by atoms with Gasteiger partial charge in [0, 0.05) is 5.56 Å². The van der Waals surface area contributed by atoms with Crippen molar-refractivity contribution < 1.29 is 24.9 Å². The quantitative estimate of drug-likeness (QED) is 0.265. The lowest BCUT2D eigenvalue weighted by Crippen LogP contribution is -2.26. The van der Waals surface area contributed by atoms with E-state index in [9.17, 15) is 20.1 Å². The van der Waals surface area contributed by atoms with E-state index in [1.54, 1.807) is 13.2 Å². The zero-order valence-electron chi connectivity index (χ0n) is 21.3. The number of ether oxygens (including phenoxy) is 1. The van der Waals surface area contributed by atoms with E-state index >= 15 is 0 Å². The SMILES string of the molecule is COc1cc(C)c(O)c(CC=C(C)CC(O)C=C(C)CCCC(C)C(O)C(=O)C=C(C)C)c1. The van der Waals surface area contributed by atoms with Gasteiger partial charge in [-0.15, -0.1) is 0 Å². The fourth-order valence-corrected chi connectivity index (χ4v) is 3.77. The highest BCUT2D eigenvalue weighted by atomic mass is 16.5. The summed E-state index contributed by atoms with van der Waals surface area (Å²) in [6, 6.07) is 3.63. The minimum Gasteiger partial charge on any atom is -0.507 e. The van der Waals surface area contributed by atoms with Crippen molar-refractivity contribution in [2.75, 3.05) is 7.11 Å². The van der Waals surface area contributed by atoms with Crippen LogP contribution in [0.3, 0.4) is 0 Å². The Labute approximate surface area is 199 Å². The molecule has 3 N–H and O–H groups in total. The Morgan fingerprint density at radius 2 is 1.79 bits per heavy atom. The monoisotopic (exact) mass is 458 g/mol. The zero-order chi connectivity index (χ0) is 25.1. The molecule has 0 aliphatic carbocycles. The Morgan fingerprint density at radius 1 is 1.12 bits per heavy atom. The van der Waals surface area contributed by atoms with Gasteiger partial charge < -0.3 is 20.1 Å². The molecule has 0 radical (unpaired) electrons. The summed E-state index contributed by atoms with van der Waals surface area (Å²) >= 11 is 0. The maximum Gasteiger partial charge on any atom is 0.184 e.